The fourth-order valence-electron chi connectivity index (χ4n) is 0.872. The molecule has 0 aliphatic heterocycles. The second-order valence-corrected chi connectivity index (χ2v) is 2.63. The number of rotatable bonds is 2. The van der Waals surface area contributed by atoms with Crippen LogP contribution in [0.15, 0.2) is 30.3 Å². The predicted molar refractivity (Wildman–Crippen MR) is 51.7 cm³/mol. The molecule has 0 heterocycles. The summed E-state index contributed by atoms with van der Waals surface area (Å²) >= 11 is 0. The van der Waals surface area contributed by atoms with E-state index in [0.29, 0.717) is 12.8 Å². The van der Waals surface area contributed by atoms with Crippen LogP contribution in [-0.2, 0) is 4.79 Å². The summed E-state index contributed by atoms with van der Waals surface area (Å²) in [6.07, 6.45) is 0.865. The minimum Gasteiger partial charge on any atom is -0.370 e. The summed E-state index contributed by atoms with van der Waals surface area (Å²) in [6.45, 7) is 0. The predicted octanol–water partition coefficient (Wildman–Crippen LogP) is 1.30. The summed E-state index contributed by atoms with van der Waals surface area (Å²) in [6, 6.07) is 9.65. The lowest BCUT2D eigenvalue weighted by atomic mass is 10.2. The van der Waals surface area contributed by atoms with Crippen molar-refractivity contribution in [1.82, 2.24) is 0 Å². The molecule has 0 atom stereocenters. The number of amides is 1. The van der Waals surface area contributed by atoms with Crippen LogP contribution >= 0.6 is 0 Å². The zero-order chi connectivity index (χ0) is 9.52. The molecular weight excluding hydrogens is 162 g/mol. The third kappa shape index (κ3) is 3.97. The van der Waals surface area contributed by atoms with E-state index in [2.05, 4.69) is 11.8 Å². The smallest absolute Gasteiger partial charge is 0.218 e. The first-order valence-corrected chi connectivity index (χ1v) is 4.11. The van der Waals surface area contributed by atoms with Crippen molar-refractivity contribution in [2.45, 2.75) is 12.8 Å². The molecule has 13 heavy (non-hydrogen) atoms. The molecule has 1 rings (SSSR count). The Balaban J connectivity index is 2.44. The summed E-state index contributed by atoms with van der Waals surface area (Å²) < 4.78 is 0. The maximum Gasteiger partial charge on any atom is 0.218 e. The molecule has 0 aliphatic carbocycles. The van der Waals surface area contributed by atoms with Gasteiger partial charge in [-0.15, -0.1) is 0 Å². The van der Waals surface area contributed by atoms with Gasteiger partial charge in [-0.3, -0.25) is 4.79 Å². The fourth-order valence-corrected chi connectivity index (χ4v) is 0.872. The molecule has 1 aromatic carbocycles. The first-order chi connectivity index (χ1) is 6.29. The van der Waals surface area contributed by atoms with Gasteiger partial charge in [-0.2, -0.15) is 0 Å². The van der Waals surface area contributed by atoms with Crippen LogP contribution in [-0.4, -0.2) is 5.91 Å². The molecule has 1 aromatic rings. The van der Waals surface area contributed by atoms with Crippen LogP contribution in [0.5, 0.6) is 0 Å². The zero-order valence-electron chi connectivity index (χ0n) is 7.29. The maximum atomic E-state index is 10.4. The van der Waals surface area contributed by atoms with Crippen molar-refractivity contribution in [3.63, 3.8) is 0 Å². The van der Waals surface area contributed by atoms with Crippen molar-refractivity contribution in [3.05, 3.63) is 35.9 Å². The number of carbonyl (C=O) groups excluding carboxylic acids is 1. The Morgan fingerprint density at radius 1 is 1.31 bits per heavy atom. The summed E-state index contributed by atoms with van der Waals surface area (Å²) in [4.78, 5) is 10.4. The average molecular weight is 173 g/mol. The van der Waals surface area contributed by atoms with Crippen molar-refractivity contribution >= 4 is 5.91 Å². The molecular formula is C11H11NO. The maximum absolute atomic E-state index is 10.4. The SMILES string of the molecule is NC(=O)CCC#Cc1ccccc1. The van der Waals surface area contributed by atoms with E-state index in [1.807, 2.05) is 30.3 Å². The van der Waals surface area contributed by atoms with Gasteiger partial charge in [0.25, 0.3) is 0 Å². The number of benzene rings is 1. The number of hydrogen-bond donors (Lipinski definition) is 1. The Morgan fingerprint density at radius 2 is 2.00 bits per heavy atom. The zero-order valence-corrected chi connectivity index (χ0v) is 7.29. The molecule has 0 bridgehead atoms. The highest BCUT2D eigenvalue weighted by atomic mass is 16.1. The van der Waals surface area contributed by atoms with Gasteiger partial charge >= 0.3 is 0 Å². The third-order valence-electron chi connectivity index (χ3n) is 1.50. The summed E-state index contributed by atoms with van der Waals surface area (Å²) in [5, 5.41) is 0. The van der Waals surface area contributed by atoms with Crippen molar-refractivity contribution in [3.8, 4) is 11.8 Å². The molecule has 0 aromatic heterocycles. The first kappa shape index (κ1) is 9.34. The van der Waals surface area contributed by atoms with E-state index in [1.54, 1.807) is 0 Å². The van der Waals surface area contributed by atoms with E-state index < -0.39 is 0 Å². The highest BCUT2D eigenvalue weighted by Crippen LogP contribution is 1.95. The van der Waals surface area contributed by atoms with Gasteiger partial charge in [-0.1, -0.05) is 30.0 Å². The quantitative estimate of drug-likeness (QED) is 0.673. The second-order valence-electron chi connectivity index (χ2n) is 2.63. The normalized spacial score (nSPS) is 8.62. The number of carbonyl (C=O) groups is 1. The van der Waals surface area contributed by atoms with E-state index in [1.165, 1.54) is 0 Å². The molecule has 0 aliphatic rings. The molecule has 0 fully saturated rings. The Hall–Kier alpha value is -1.75. The number of primary amides is 1. The Kier molecular flexibility index (Phi) is 3.59. The van der Waals surface area contributed by atoms with Gasteiger partial charge in [-0.05, 0) is 12.1 Å². The van der Waals surface area contributed by atoms with Crippen molar-refractivity contribution in [2.24, 2.45) is 5.73 Å². The Bertz CT molecular complexity index is 332. The summed E-state index contributed by atoms with van der Waals surface area (Å²) in [7, 11) is 0. The van der Waals surface area contributed by atoms with Crippen LogP contribution in [0.25, 0.3) is 0 Å². The van der Waals surface area contributed by atoms with Crippen molar-refractivity contribution in [1.29, 1.82) is 0 Å². The van der Waals surface area contributed by atoms with Gasteiger partial charge in [-0.25, -0.2) is 0 Å². The topological polar surface area (TPSA) is 43.1 Å². The molecule has 0 saturated carbocycles. The summed E-state index contributed by atoms with van der Waals surface area (Å²) in [5.74, 6) is 5.52. The lowest BCUT2D eigenvalue weighted by Gasteiger charge is -1.87. The minimum absolute atomic E-state index is 0.303. The standard InChI is InChI=1S/C11H11NO/c12-11(13)9-5-4-8-10-6-2-1-3-7-10/h1-3,6-7H,5,9H2,(H2,12,13). The Labute approximate surface area is 77.8 Å². The summed E-state index contributed by atoms with van der Waals surface area (Å²) in [5.41, 5.74) is 5.93. The molecule has 2 N–H and O–H groups in total. The van der Waals surface area contributed by atoms with Gasteiger partial charge in [0.05, 0.1) is 0 Å². The molecule has 0 radical (unpaired) electrons. The van der Waals surface area contributed by atoms with Crippen molar-refractivity contribution < 1.29 is 4.79 Å². The van der Waals surface area contributed by atoms with E-state index in [4.69, 9.17) is 5.73 Å². The van der Waals surface area contributed by atoms with Crippen LogP contribution in [0.1, 0.15) is 18.4 Å². The van der Waals surface area contributed by atoms with Crippen molar-refractivity contribution in [2.75, 3.05) is 0 Å². The minimum atomic E-state index is -0.303. The van der Waals surface area contributed by atoms with Gasteiger partial charge in [0.15, 0.2) is 0 Å². The monoisotopic (exact) mass is 173 g/mol. The molecule has 0 saturated heterocycles. The van der Waals surface area contributed by atoms with Gasteiger partial charge in [0, 0.05) is 18.4 Å². The van der Waals surface area contributed by atoms with Gasteiger partial charge in [0.1, 0.15) is 0 Å². The van der Waals surface area contributed by atoms with Gasteiger partial charge in [0.2, 0.25) is 5.91 Å². The lowest BCUT2D eigenvalue weighted by Crippen LogP contribution is -2.08. The van der Waals surface area contributed by atoms with Crippen LogP contribution in [0, 0.1) is 11.8 Å². The molecule has 66 valence electrons. The molecule has 0 spiro atoms. The fraction of sp³-hybridized carbons (Fsp3) is 0.182. The number of nitrogens with two attached hydrogens (primary N) is 1. The van der Waals surface area contributed by atoms with Crippen LogP contribution < -0.4 is 5.73 Å². The van der Waals surface area contributed by atoms with Crippen LogP contribution in [0.2, 0.25) is 0 Å². The second kappa shape index (κ2) is 5.00. The van der Waals surface area contributed by atoms with E-state index >= 15 is 0 Å². The molecule has 2 heteroatoms. The number of hydrogen-bond acceptors (Lipinski definition) is 1. The molecule has 0 unspecified atom stereocenters. The van der Waals surface area contributed by atoms with E-state index in [-0.39, 0.29) is 5.91 Å². The molecule has 2 nitrogen and oxygen atoms in total. The lowest BCUT2D eigenvalue weighted by molar-refractivity contribution is -0.117. The highest BCUT2D eigenvalue weighted by molar-refractivity contribution is 5.73. The molecule has 1 amide bonds. The average Bonchev–Trinajstić information content (AvgIpc) is 2.14. The highest BCUT2D eigenvalue weighted by Gasteiger charge is 1.88. The third-order valence-corrected chi connectivity index (χ3v) is 1.50. The first-order valence-electron chi connectivity index (χ1n) is 4.11. The largest absolute Gasteiger partial charge is 0.370 e. The van der Waals surface area contributed by atoms with E-state index in [9.17, 15) is 4.79 Å². The van der Waals surface area contributed by atoms with Crippen LogP contribution in [0.4, 0.5) is 0 Å². The van der Waals surface area contributed by atoms with E-state index in [0.717, 1.165) is 5.56 Å². The van der Waals surface area contributed by atoms with Gasteiger partial charge < -0.3 is 5.73 Å². The van der Waals surface area contributed by atoms with Crippen LogP contribution in [0.3, 0.4) is 0 Å². The Morgan fingerprint density at radius 3 is 2.62 bits per heavy atom.